The number of benzene rings is 1. The molecular weight excluding hydrogens is 242 g/mol. The van der Waals surface area contributed by atoms with Gasteiger partial charge in [0.05, 0.1) is 6.54 Å². The summed E-state index contributed by atoms with van der Waals surface area (Å²) in [5.74, 6) is 0.856. The SMILES string of the molecule is CCNCc1cccc(OCCN2CCNC2=O)c1. The maximum Gasteiger partial charge on any atom is 0.317 e. The van der Waals surface area contributed by atoms with E-state index in [1.807, 2.05) is 18.2 Å². The number of hydrogen-bond acceptors (Lipinski definition) is 3. The predicted octanol–water partition coefficient (Wildman–Crippen LogP) is 1.20. The van der Waals surface area contributed by atoms with Gasteiger partial charge in [0.1, 0.15) is 12.4 Å². The van der Waals surface area contributed by atoms with E-state index in [0.29, 0.717) is 13.2 Å². The van der Waals surface area contributed by atoms with Gasteiger partial charge in [0.15, 0.2) is 0 Å². The molecule has 19 heavy (non-hydrogen) atoms. The second-order valence-electron chi connectivity index (χ2n) is 4.50. The van der Waals surface area contributed by atoms with E-state index in [1.54, 1.807) is 4.90 Å². The molecule has 1 saturated heterocycles. The zero-order valence-electron chi connectivity index (χ0n) is 11.3. The third-order valence-electron chi connectivity index (χ3n) is 3.05. The molecule has 0 aliphatic carbocycles. The maximum atomic E-state index is 11.3. The van der Waals surface area contributed by atoms with Crippen LogP contribution in [0.1, 0.15) is 12.5 Å². The van der Waals surface area contributed by atoms with Crippen LogP contribution >= 0.6 is 0 Å². The summed E-state index contributed by atoms with van der Waals surface area (Å²) < 4.78 is 5.69. The molecule has 5 heteroatoms. The summed E-state index contributed by atoms with van der Waals surface area (Å²) in [5.41, 5.74) is 1.21. The molecule has 104 valence electrons. The number of ether oxygens (including phenoxy) is 1. The highest BCUT2D eigenvalue weighted by Gasteiger charge is 2.18. The number of carbonyl (C=O) groups is 1. The minimum absolute atomic E-state index is 0.00416. The number of hydrogen-bond donors (Lipinski definition) is 2. The highest BCUT2D eigenvalue weighted by Crippen LogP contribution is 2.13. The summed E-state index contributed by atoms with van der Waals surface area (Å²) in [4.78, 5) is 13.1. The van der Waals surface area contributed by atoms with Crippen LogP contribution in [0, 0.1) is 0 Å². The average molecular weight is 263 g/mol. The van der Waals surface area contributed by atoms with Crippen molar-refractivity contribution in [1.29, 1.82) is 0 Å². The van der Waals surface area contributed by atoms with E-state index in [9.17, 15) is 4.79 Å². The van der Waals surface area contributed by atoms with Gasteiger partial charge in [-0.15, -0.1) is 0 Å². The lowest BCUT2D eigenvalue weighted by Gasteiger charge is -2.14. The second kappa shape index (κ2) is 6.99. The summed E-state index contributed by atoms with van der Waals surface area (Å²) in [5, 5.41) is 6.06. The van der Waals surface area contributed by atoms with Crippen molar-refractivity contribution >= 4 is 6.03 Å². The molecular formula is C14H21N3O2. The fourth-order valence-corrected chi connectivity index (χ4v) is 2.01. The van der Waals surface area contributed by atoms with Crippen molar-refractivity contribution in [2.75, 3.05) is 32.8 Å². The Kier molecular flexibility index (Phi) is 5.03. The summed E-state index contributed by atoms with van der Waals surface area (Å²) in [7, 11) is 0. The van der Waals surface area contributed by atoms with Gasteiger partial charge in [-0.25, -0.2) is 4.79 Å². The van der Waals surface area contributed by atoms with E-state index in [2.05, 4.69) is 23.6 Å². The number of nitrogens with zero attached hydrogens (tertiary/aromatic N) is 1. The van der Waals surface area contributed by atoms with E-state index in [-0.39, 0.29) is 6.03 Å². The Bertz CT molecular complexity index is 423. The number of rotatable bonds is 7. The molecule has 2 rings (SSSR count). The molecule has 1 aromatic rings. The minimum atomic E-state index is 0.00416. The molecule has 0 bridgehead atoms. The lowest BCUT2D eigenvalue weighted by atomic mass is 10.2. The van der Waals surface area contributed by atoms with E-state index < -0.39 is 0 Å². The normalized spacial score (nSPS) is 14.6. The van der Waals surface area contributed by atoms with Crippen LogP contribution in [0.15, 0.2) is 24.3 Å². The lowest BCUT2D eigenvalue weighted by Crippen LogP contribution is -2.31. The maximum absolute atomic E-state index is 11.3. The topological polar surface area (TPSA) is 53.6 Å². The zero-order valence-corrected chi connectivity index (χ0v) is 11.3. The van der Waals surface area contributed by atoms with Gasteiger partial charge in [-0.3, -0.25) is 0 Å². The molecule has 0 radical (unpaired) electrons. The summed E-state index contributed by atoms with van der Waals surface area (Å²) >= 11 is 0. The first kappa shape index (κ1) is 13.7. The largest absolute Gasteiger partial charge is 0.492 e. The lowest BCUT2D eigenvalue weighted by molar-refractivity contribution is 0.202. The molecule has 0 unspecified atom stereocenters. The molecule has 0 spiro atoms. The van der Waals surface area contributed by atoms with Crippen LogP contribution in [-0.4, -0.2) is 43.7 Å². The highest BCUT2D eigenvalue weighted by molar-refractivity contribution is 5.76. The molecule has 1 aliphatic heterocycles. The average Bonchev–Trinajstić information content (AvgIpc) is 2.83. The van der Waals surface area contributed by atoms with Gasteiger partial charge in [0.2, 0.25) is 0 Å². The Balaban J connectivity index is 1.77. The van der Waals surface area contributed by atoms with Crippen molar-refractivity contribution < 1.29 is 9.53 Å². The summed E-state index contributed by atoms with van der Waals surface area (Å²) in [6.07, 6.45) is 0. The van der Waals surface area contributed by atoms with Crippen molar-refractivity contribution in [2.45, 2.75) is 13.5 Å². The van der Waals surface area contributed by atoms with Gasteiger partial charge in [0, 0.05) is 19.6 Å². The van der Waals surface area contributed by atoms with E-state index in [0.717, 1.165) is 31.9 Å². The van der Waals surface area contributed by atoms with Gasteiger partial charge in [-0.1, -0.05) is 19.1 Å². The van der Waals surface area contributed by atoms with Gasteiger partial charge < -0.3 is 20.3 Å². The Morgan fingerprint density at radius 3 is 3.11 bits per heavy atom. The van der Waals surface area contributed by atoms with Gasteiger partial charge in [-0.2, -0.15) is 0 Å². The quantitative estimate of drug-likeness (QED) is 0.777. The van der Waals surface area contributed by atoms with E-state index in [4.69, 9.17) is 4.74 Å². The molecule has 1 heterocycles. The van der Waals surface area contributed by atoms with E-state index in [1.165, 1.54) is 5.56 Å². The van der Waals surface area contributed by atoms with Crippen molar-refractivity contribution in [2.24, 2.45) is 0 Å². The van der Waals surface area contributed by atoms with Crippen molar-refractivity contribution in [1.82, 2.24) is 15.5 Å². The zero-order chi connectivity index (χ0) is 13.5. The molecule has 2 N–H and O–H groups in total. The Morgan fingerprint density at radius 1 is 1.47 bits per heavy atom. The van der Waals surface area contributed by atoms with Gasteiger partial charge in [0.25, 0.3) is 0 Å². The third kappa shape index (κ3) is 4.13. The van der Waals surface area contributed by atoms with Crippen LogP contribution in [0.5, 0.6) is 5.75 Å². The molecule has 1 aromatic carbocycles. The fraction of sp³-hybridized carbons (Fsp3) is 0.500. The van der Waals surface area contributed by atoms with Crippen molar-refractivity contribution in [3.8, 4) is 5.75 Å². The minimum Gasteiger partial charge on any atom is -0.492 e. The highest BCUT2D eigenvalue weighted by atomic mass is 16.5. The number of amides is 2. The Labute approximate surface area is 113 Å². The summed E-state index contributed by atoms with van der Waals surface area (Å²) in [6.45, 7) is 6.54. The molecule has 0 atom stereocenters. The van der Waals surface area contributed by atoms with Gasteiger partial charge in [-0.05, 0) is 24.2 Å². The van der Waals surface area contributed by atoms with Crippen LogP contribution in [0.3, 0.4) is 0 Å². The number of carbonyl (C=O) groups excluding carboxylic acids is 1. The molecule has 2 amide bonds. The van der Waals surface area contributed by atoms with Crippen LogP contribution in [0.4, 0.5) is 4.79 Å². The first-order chi connectivity index (χ1) is 9.29. The van der Waals surface area contributed by atoms with E-state index >= 15 is 0 Å². The number of urea groups is 1. The molecule has 0 aromatic heterocycles. The smallest absolute Gasteiger partial charge is 0.317 e. The van der Waals surface area contributed by atoms with Gasteiger partial charge >= 0.3 is 6.03 Å². The fourth-order valence-electron chi connectivity index (χ4n) is 2.01. The summed E-state index contributed by atoms with van der Waals surface area (Å²) in [6, 6.07) is 8.05. The molecule has 5 nitrogen and oxygen atoms in total. The van der Waals surface area contributed by atoms with Crippen molar-refractivity contribution in [3.63, 3.8) is 0 Å². The molecule has 1 fully saturated rings. The molecule has 0 saturated carbocycles. The van der Waals surface area contributed by atoms with Crippen LogP contribution in [0.2, 0.25) is 0 Å². The standard InChI is InChI=1S/C14H21N3O2/c1-2-15-11-12-4-3-5-13(10-12)19-9-8-17-7-6-16-14(17)18/h3-5,10,15H,2,6-9,11H2,1H3,(H,16,18). The van der Waals surface area contributed by atoms with Crippen LogP contribution < -0.4 is 15.4 Å². The first-order valence-electron chi connectivity index (χ1n) is 6.75. The predicted molar refractivity (Wildman–Crippen MR) is 74.3 cm³/mol. The molecule has 1 aliphatic rings. The second-order valence-corrected chi connectivity index (χ2v) is 4.50. The first-order valence-corrected chi connectivity index (χ1v) is 6.75. The van der Waals surface area contributed by atoms with Crippen LogP contribution in [-0.2, 0) is 6.54 Å². The Morgan fingerprint density at radius 2 is 2.37 bits per heavy atom. The van der Waals surface area contributed by atoms with Crippen LogP contribution in [0.25, 0.3) is 0 Å². The van der Waals surface area contributed by atoms with Crippen molar-refractivity contribution in [3.05, 3.63) is 29.8 Å². The Hall–Kier alpha value is -1.75. The number of nitrogens with one attached hydrogen (secondary N) is 2. The monoisotopic (exact) mass is 263 g/mol. The third-order valence-corrected chi connectivity index (χ3v) is 3.05.